The Morgan fingerprint density at radius 1 is 0.850 bits per heavy atom. The van der Waals surface area contributed by atoms with Gasteiger partial charge in [-0.05, 0) is 60.2 Å². The van der Waals surface area contributed by atoms with Crippen molar-refractivity contribution in [3.63, 3.8) is 0 Å². The molecule has 0 saturated carbocycles. The summed E-state index contributed by atoms with van der Waals surface area (Å²) in [7, 11) is 0. The lowest BCUT2D eigenvalue weighted by molar-refractivity contribution is -0.129. The van der Waals surface area contributed by atoms with Crippen molar-refractivity contribution in [3.8, 4) is 11.1 Å². The molecule has 208 valence electrons. The first-order chi connectivity index (χ1) is 19.5. The summed E-state index contributed by atoms with van der Waals surface area (Å²) in [6.07, 6.45) is 2.32. The van der Waals surface area contributed by atoms with E-state index >= 15 is 0 Å². The fourth-order valence-corrected chi connectivity index (χ4v) is 5.42. The smallest absolute Gasteiger partial charge is 0.410 e. The molecule has 3 amide bonds. The Kier molecular flexibility index (Phi) is 8.64. The molecule has 0 spiro atoms. The van der Waals surface area contributed by atoms with E-state index in [0.717, 1.165) is 54.0 Å². The lowest BCUT2D eigenvalue weighted by Gasteiger charge is -2.24. The number of amides is 3. The van der Waals surface area contributed by atoms with Crippen molar-refractivity contribution in [3.05, 3.63) is 84.4 Å². The minimum Gasteiger partial charge on any atom is -0.445 e. The van der Waals surface area contributed by atoms with Crippen LogP contribution in [0, 0.1) is 5.92 Å². The Labute approximate surface area is 235 Å². The Balaban J connectivity index is 1.08. The number of ether oxygens (including phenoxy) is 1. The highest BCUT2D eigenvalue weighted by molar-refractivity contribution is 5.93. The zero-order valence-corrected chi connectivity index (χ0v) is 22.8. The molecular weight excluding hydrogens is 504 g/mol. The number of carbonyl (C=O) groups excluding carboxylic acids is 3. The normalized spacial score (nSPS) is 18.4. The van der Waals surface area contributed by atoms with Crippen molar-refractivity contribution in [2.24, 2.45) is 5.92 Å². The molecule has 8 heteroatoms. The number of nitrogens with zero attached hydrogens (tertiary/aromatic N) is 2. The van der Waals surface area contributed by atoms with E-state index in [-0.39, 0.29) is 36.5 Å². The van der Waals surface area contributed by atoms with Gasteiger partial charge in [-0.2, -0.15) is 0 Å². The van der Waals surface area contributed by atoms with Crippen LogP contribution in [0.15, 0.2) is 78.9 Å². The second-order valence-electron chi connectivity index (χ2n) is 10.5. The van der Waals surface area contributed by atoms with Crippen LogP contribution in [0.2, 0.25) is 0 Å². The standard InChI is InChI=1S/C32H36N4O4/c1-23(37)36-18-5-8-30(36)20-33-28-13-9-25(10-14-28)26-11-15-29(16-12-26)34-31(38)27-17-19-35(21-27)32(39)40-22-24-6-3-2-4-7-24/h2-4,6-7,9-16,27,30,33H,5,8,17-22H2,1H3,(H,34,38)/t27?,30-/m0/s1. The second kappa shape index (κ2) is 12.7. The zero-order valence-electron chi connectivity index (χ0n) is 22.8. The molecule has 2 saturated heterocycles. The number of likely N-dealkylation sites (tertiary alicyclic amines) is 2. The first kappa shape index (κ1) is 27.2. The quantitative estimate of drug-likeness (QED) is 0.401. The average molecular weight is 541 g/mol. The van der Waals surface area contributed by atoms with Gasteiger partial charge in [-0.25, -0.2) is 4.79 Å². The Morgan fingerprint density at radius 3 is 2.20 bits per heavy atom. The molecule has 0 bridgehead atoms. The predicted octanol–water partition coefficient (Wildman–Crippen LogP) is 5.37. The summed E-state index contributed by atoms with van der Waals surface area (Å²) >= 11 is 0. The van der Waals surface area contributed by atoms with Crippen molar-refractivity contribution in [2.75, 3.05) is 36.8 Å². The van der Waals surface area contributed by atoms with Crippen LogP contribution in [-0.4, -0.2) is 59.9 Å². The van der Waals surface area contributed by atoms with Gasteiger partial charge in [-0.15, -0.1) is 0 Å². The van der Waals surface area contributed by atoms with E-state index in [2.05, 4.69) is 34.9 Å². The fraction of sp³-hybridized carbons (Fsp3) is 0.344. The zero-order chi connectivity index (χ0) is 27.9. The van der Waals surface area contributed by atoms with Gasteiger partial charge < -0.3 is 25.2 Å². The monoisotopic (exact) mass is 540 g/mol. The van der Waals surface area contributed by atoms with Crippen molar-refractivity contribution in [1.82, 2.24) is 9.80 Å². The Hall–Kier alpha value is -4.33. The maximum Gasteiger partial charge on any atom is 0.410 e. The van der Waals surface area contributed by atoms with Gasteiger partial charge in [0.25, 0.3) is 0 Å². The highest BCUT2D eigenvalue weighted by atomic mass is 16.6. The lowest BCUT2D eigenvalue weighted by Crippen LogP contribution is -2.38. The van der Waals surface area contributed by atoms with E-state index < -0.39 is 0 Å². The van der Waals surface area contributed by atoms with Gasteiger partial charge in [0.2, 0.25) is 11.8 Å². The van der Waals surface area contributed by atoms with Crippen LogP contribution in [0.25, 0.3) is 11.1 Å². The van der Waals surface area contributed by atoms with Crippen LogP contribution < -0.4 is 10.6 Å². The van der Waals surface area contributed by atoms with Crippen LogP contribution in [0.1, 0.15) is 31.7 Å². The molecule has 2 atom stereocenters. The molecule has 2 heterocycles. The van der Waals surface area contributed by atoms with Gasteiger partial charge in [-0.3, -0.25) is 9.59 Å². The summed E-state index contributed by atoms with van der Waals surface area (Å²) in [5.74, 6) is -0.216. The van der Waals surface area contributed by atoms with E-state index in [9.17, 15) is 14.4 Å². The summed E-state index contributed by atoms with van der Waals surface area (Å²) in [4.78, 5) is 40.6. The summed E-state index contributed by atoms with van der Waals surface area (Å²) < 4.78 is 5.41. The van der Waals surface area contributed by atoms with Crippen molar-refractivity contribution < 1.29 is 19.1 Å². The summed E-state index contributed by atoms with van der Waals surface area (Å²) in [6, 6.07) is 25.8. The van der Waals surface area contributed by atoms with E-state index in [0.29, 0.717) is 19.5 Å². The van der Waals surface area contributed by atoms with Crippen LogP contribution in [0.5, 0.6) is 0 Å². The topological polar surface area (TPSA) is 91.0 Å². The van der Waals surface area contributed by atoms with E-state index in [1.807, 2.05) is 59.5 Å². The lowest BCUT2D eigenvalue weighted by atomic mass is 10.0. The second-order valence-corrected chi connectivity index (χ2v) is 10.5. The van der Waals surface area contributed by atoms with Crippen LogP contribution in [-0.2, 0) is 20.9 Å². The highest BCUT2D eigenvalue weighted by Crippen LogP contribution is 2.25. The van der Waals surface area contributed by atoms with Gasteiger partial charge in [0.15, 0.2) is 0 Å². The van der Waals surface area contributed by atoms with E-state index in [1.54, 1.807) is 11.8 Å². The SMILES string of the molecule is CC(=O)N1CCC[C@H]1CNc1ccc(-c2ccc(NC(=O)C3CCN(C(=O)OCc4ccccc4)C3)cc2)cc1. The summed E-state index contributed by atoms with van der Waals surface area (Å²) in [5.41, 5.74) is 4.81. The average Bonchev–Trinajstić information content (AvgIpc) is 3.67. The van der Waals surface area contributed by atoms with Crippen molar-refractivity contribution in [2.45, 2.75) is 38.8 Å². The van der Waals surface area contributed by atoms with Crippen LogP contribution in [0.3, 0.4) is 0 Å². The number of rotatable bonds is 8. The predicted molar refractivity (Wildman–Crippen MR) is 156 cm³/mol. The third-order valence-corrected chi connectivity index (χ3v) is 7.72. The molecule has 1 unspecified atom stereocenters. The number of hydrogen-bond donors (Lipinski definition) is 2. The Bertz CT molecular complexity index is 1310. The number of benzene rings is 3. The number of anilines is 2. The maximum absolute atomic E-state index is 12.9. The van der Waals surface area contributed by atoms with Gasteiger partial charge in [0.05, 0.1) is 5.92 Å². The summed E-state index contributed by atoms with van der Waals surface area (Å²) in [5, 5.41) is 6.45. The van der Waals surface area contributed by atoms with E-state index in [1.165, 1.54) is 0 Å². The Morgan fingerprint density at radius 2 is 1.52 bits per heavy atom. The molecule has 0 radical (unpaired) electrons. The maximum atomic E-state index is 12.9. The molecule has 2 aliphatic rings. The minimum absolute atomic E-state index is 0.0906. The summed E-state index contributed by atoms with van der Waals surface area (Å²) in [6.45, 7) is 4.31. The first-order valence-corrected chi connectivity index (χ1v) is 13.9. The first-order valence-electron chi connectivity index (χ1n) is 13.9. The largest absolute Gasteiger partial charge is 0.445 e. The number of nitrogens with one attached hydrogen (secondary N) is 2. The van der Waals surface area contributed by atoms with Crippen LogP contribution >= 0.6 is 0 Å². The molecule has 3 aromatic rings. The minimum atomic E-state index is -0.388. The molecular formula is C32H36N4O4. The molecule has 2 N–H and O–H groups in total. The molecule has 0 aliphatic carbocycles. The van der Waals surface area contributed by atoms with Gasteiger partial charge in [0.1, 0.15) is 6.61 Å². The van der Waals surface area contributed by atoms with Crippen LogP contribution in [0.4, 0.5) is 16.2 Å². The third-order valence-electron chi connectivity index (χ3n) is 7.72. The molecule has 8 nitrogen and oxygen atoms in total. The molecule has 3 aromatic carbocycles. The molecule has 0 aromatic heterocycles. The fourth-order valence-electron chi connectivity index (χ4n) is 5.42. The number of hydrogen-bond acceptors (Lipinski definition) is 5. The molecule has 2 aliphatic heterocycles. The number of carbonyl (C=O) groups is 3. The highest BCUT2D eigenvalue weighted by Gasteiger charge is 2.32. The molecule has 2 fully saturated rings. The van der Waals surface area contributed by atoms with Gasteiger partial charge >= 0.3 is 6.09 Å². The van der Waals surface area contributed by atoms with Crippen molar-refractivity contribution in [1.29, 1.82) is 0 Å². The third kappa shape index (κ3) is 6.81. The molecule has 5 rings (SSSR count). The van der Waals surface area contributed by atoms with Gasteiger partial charge in [-0.1, -0.05) is 54.6 Å². The van der Waals surface area contributed by atoms with Gasteiger partial charge in [0, 0.05) is 50.5 Å². The van der Waals surface area contributed by atoms with Crippen molar-refractivity contribution >= 4 is 29.3 Å². The molecule has 40 heavy (non-hydrogen) atoms. The van der Waals surface area contributed by atoms with E-state index in [4.69, 9.17) is 4.74 Å².